The highest BCUT2D eigenvalue weighted by Crippen LogP contribution is 2.28. The zero-order valence-electron chi connectivity index (χ0n) is 17.2. The van der Waals surface area contributed by atoms with Gasteiger partial charge in [-0.25, -0.2) is 0 Å². The maximum atomic E-state index is 6.38. The van der Waals surface area contributed by atoms with Crippen molar-refractivity contribution in [3.63, 3.8) is 0 Å². The summed E-state index contributed by atoms with van der Waals surface area (Å²) in [6.07, 6.45) is 0. The fraction of sp³-hybridized carbons (Fsp3) is 0.238. The van der Waals surface area contributed by atoms with E-state index in [2.05, 4.69) is 20.3 Å². The average molecular weight is 458 g/mol. The Kier molecular flexibility index (Phi) is 6.43. The average Bonchev–Trinajstić information content (AvgIpc) is 3.38. The molecule has 0 saturated carbocycles. The molecule has 0 spiro atoms. The quantitative estimate of drug-likeness (QED) is 0.348. The van der Waals surface area contributed by atoms with E-state index in [1.54, 1.807) is 14.0 Å². The van der Waals surface area contributed by atoms with Crippen molar-refractivity contribution in [2.45, 2.75) is 31.4 Å². The van der Waals surface area contributed by atoms with Crippen LogP contribution in [0.15, 0.2) is 52.1 Å². The first-order valence-corrected chi connectivity index (χ1v) is 10.8. The van der Waals surface area contributed by atoms with Crippen molar-refractivity contribution in [2.24, 2.45) is 0 Å². The van der Waals surface area contributed by atoms with Gasteiger partial charge in [0, 0.05) is 5.02 Å². The van der Waals surface area contributed by atoms with Crippen LogP contribution in [0.5, 0.6) is 11.5 Å². The van der Waals surface area contributed by atoms with Gasteiger partial charge in [0.1, 0.15) is 18.1 Å². The molecule has 0 aliphatic heterocycles. The number of rotatable bonds is 8. The molecular weight excluding hydrogens is 438 g/mol. The van der Waals surface area contributed by atoms with Gasteiger partial charge >= 0.3 is 0 Å². The standard InChI is InChI=1S/C21H20ClN5O3S/c1-13-4-5-15(10-18(13)22)27-19(11-29-17-8-6-16(28-3)7-9-17)24-25-21(27)31-12-20-23-14(2)26-30-20/h4-10H,11-12H2,1-3H3. The second-order valence-electron chi connectivity index (χ2n) is 6.66. The molecule has 4 aromatic rings. The van der Waals surface area contributed by atoms with E-state index in [0.717, 1.165) is 17.0 Å². The van der Waals surface area contributed by atoms with Crippen LogP contribution in [-0.4, -0.2) is 32.0 Å². The van der Waals surface area contributed by atoms with Crippen molar-refractivity contribution in [3.8, 4) is 17.2 Å². The number of hydrogen-bond acceptors (Lipinski definition) is 8. The lowest BCUT2D eigenvalue weighted by atomic mass is 10.2. The van der Waals surface area contributed by atoms with Gasteiger partial charge in [-0.05, 0) is 55.8 Å². The van der Waals surface area contributed by atoms with Crippen LogP contribution >= 0.6 is 23.4 Å². The van der Waals surface area contributed by atoms with E-state index in [1.165, 1.54) is 11.8 Å². The summed E-state index contributed by atoms with van der Waals surface area (Å²) in [7, 11) is 1.62. The first-order chi connectivity index (χ1) is 15.0. The fourth-order valence-electron chi connectivity index (χ4n) is 2.81. The third-order valence-electron chi connectivity index (χ3n) is 4.44. The Hall–Kier alpha value is -3.04. The third-order valence-corrected chi connectivity index (χ3v) is 5.76. The predicted octanol–water partition coefficient (Wildman–Crippen LogP) is 4.80. The maximum absolute atomic E-state index is 6.38. The van der Waals surface area contributed by atoms with E-state index in [1.807, 2.05) is 54.0 Å². The van der Waals surface area contributed by atoms with Crippen LogP contribution in [0.4, 0.5) is 0 Å². The topological polar surface area (TPSA) is 88.1 Å². The number of ether oxygens (including phenoxy) is 2. The van der Waals surface area contributed by atoms with Gasteiger partial charge in [0.25, 0.3) is 0 Å². The normalized spacial score (nSPS) is 11.0. The number of aryl methyl sites for hydroxylation is 2. The Morgan fingerprint density at radius 2 is 1.84 bits per heavy atom. The van der Waals surface area contributed by atoms with Gasteiger partial charge in [0.05, 0.1) is 18.6 Å². The lowest BCUT2D eigenvalue weighted by molar-refractivity contribution is 0.292. The SMILES string of the molecule is COc1ccc(OCc2nnc(SCc3nc(C)no3)n2-c2ccc(C)c(Cl)c2)cc1. The van der Waals surface area contributed by atoms with E-state index in [-0.39, 0.29) is 6.61 Å². The van der Waals surface area contributed by atoms with E-state index in [4.69, 9.17) is 25.6 Å². The Labute approximate surface area is 188 Å². The van der Waals surface area contributed by atoms with Crippen LogP contribution in [0, 0.1) is 13.8 Å². The number of thioether (sulfide) groups is 1. The van der Waals surface area contributed by atoms with Crippen molar-refractivity contribution in [3.05, 3.63) is 70.6 Å². The number of halogens is 1. The minimum Gasteiger partial charge on any atom is -0.497 e. The molecule has 0 bridgehead atoms. The van der Waals surface area contributed by atoms with Crippen molar-refractivity contribution in [1.82, 2.24) is 24.9 Å². The molecule has 0 aliphatic rings. The Morgan fingerprint density at radius 3 is 2.52 bits per heavy atom. The molecule has 31 heavy (non-hydrogen) atoms. The zero-order chi connectivity index (χ0) is 21.8. The van der Waals surface area contributed by atoms with E-state index in [9.17, 15) is 0 Å². The number of hydrogen-bond donors (Lipinski definition) is 0. The van der Waals surface area contributed by atoms with E-state index >= 15 is 0 Å². The first-order valence-electron chi connectivity index (χ1n) is 9.43. The van der Waals surface area contributed by atoms with Gasteiger partial charge in [0.2, 0.25) is 5.89 Å². The molecule has 0 saturated heterocycles. The molecule has 4 rings (SSSR count). The zero-order valence-corrected chi connectivity index (χ0v) is 18.8. The van der Waals surface area contributed by atoms with Gasteiger partial charge in [0.15, 0.2) is 16.8 Å². The molecule has 0 aliphatic carbocycles. The van der Waals surface area contributed by atoms with Gasteiger partial charge < -0.3 is 14.0 Å². The Morgan fingerprint density at radius 1 is 1.06 bits per heavy atom. The number of nitrogens with zero attached hydrogens (tertiary/aromatic N) is 5. The monoisotopic (exact) mass is 457 g/mol. The van der Waals surface area contributed by atoms with Gasteiger partial charge in [-0.3, -0.25) is 4.57 Å². The molecule has 0 radical (unpaired) electrons. The predicted molar refractivity (Wildman–Crippen MR) is 117 cm³/mol. The third kappa shape index (κ3) is 5.00. The molecular formula is C21H20ClN5O3S. The molecule has 0 N–H and O–H groups in total. The molecule has 2 aromatic carbocycles. The molecule has 0 fully saturated rings. The molecule has 160 valence electrons. The summed E-state index contributed by atoms with van der Waals surface area (Å²) in [6, 6.07) is 13.2. The number of benzene rings is 2. The highest BCUT2D eigenvalue weighted by Gasteiger charge is 2.17. The fourth-order valence-corrected chi connectivity index (χ4v) is 3.80. The van der Waals surface area contributed by atoms with Crippen molar-refractivity contribution >= 4 is 23.4 Å². The summed E-state index contributed by atoms with van der Waals surface area (Å²) in [6.45, 7) is 3.97. The molecule has 10 heteroatoms. The molecule has 0 amide bonds. The Balaban J connectivity index is 1.60. The highest BCUT2D eigenvalue weighted by atomic mass is 35.5. The molecule has 8 nitrogen and oxygen atoms in total. The maximum Gasteiger partial charge on any atom is 0.237 e. The van der Waals surface area contributed by atoms with Crippen LogP contribution in [0.25, 0.3) is 5.69 Å². The lowest BCUT2D eigenvalue weighted by Gasteiger charge is -2.12. The Bertz CT molecular complexity index is 1180. The molecule has 2 aromatic heterocycles. The van der Waals surface area contributed by atoms with Crippen LogP contribution < -0.4 is 9.47 Å². The first kappa shape index (κ1) is 21.2. The summed E-state index contributed by atoms with van der Waals surface area (Å²) in [5, 5.41) is 13.8. The summed E-state index contributed by atoms with van der Waals surface area (Å²) in [4.78, 5) is 4.24. The smallest absolute Gasteiger partial charge is 0.237 e. The van der Waals surface area contributed by atoms with Crippen LogP contribution in [-0.2, 0) is 12.4 Å². The van der Waals surface area contributed by atoms with E-state index in [0.29, 0.717) is 39.2 Å². The molecule has 2 heterocycles. The second kappa shape index (κ2) is 9.40. The number of aromatic nitrogens is 5. The minimum atomic E-state index is 0.227. The second-order valence-corrected chi connectivity index (χ2v) is 8.01. The number of methoxy groups -OCH3 is 1. The summed E-state index contributed by atoms with van der Waals surface area (Å²) < 4.78 is 18.2. The highest BCUT2D eigenvalue weighted by molar-refractivity contribution is 7.98. The minimum absolute atomic E-state index is 0.227. The van der Waals surface area contributed by atoms with Gasteiger partial charge in [-0.15, -0.1) is 10.2 Å². The van der Waals surface area contributed by atoms with Crippen LogP contribution in [0.3, 0.4) is 0 Å². The van der Waals surface area contributed by atoms with Crippen molar-refractivity contribution in [1.29, 1.82) is 0 Å². The van der Waals surface area contributed by atoms with Crippen molar-refractivity contribution in [2.75, 3.05) is 7.11 Å². The molecule has 0 atom stereocenters. The molecule has 0 unspecified atom stereocenters. The van der Waals surface area contributed by atoms with Gasteiger partial charge in [-0.2, -0.15) is 4.98 Å². The summed E-state index contributed by atoms with van der Waals surface area (Å²) in [5.74, 6) is 3.69. The largest absolute Gasteiger partial charge is 0.497 e. The van der Waals surface area contributed by atoms with Gasteiger partial charge in [-0.1, -0.05) is 34.6 Å². The van der Waals surface area contributed by atoms with Crippen molar-refractivity contribution < 1.29 is 14.0 Å². The van der Waals surface area contributed by atoms with Crippen LogP contribution in [0.1, 0.15) is 23.1 Å². The lowest BCUT2D eigenvalue weighted by Crippen LogP contribution is -2.07. The summed E-state index contributed by atoms with van der Waals surface area (Å²) in [5.41, 5.74) is 1.84. The van der Waals surface area contributed by atoms with Crippen LogP contribution in [0.2, 0.25) is 5.02 Å². The van der Waals surface area contributed by atoms with E-state index < -0.39 is 0 Å². The summed E-state index contributed by atoms with van der Waals surface area (Å²) >= 11 is 7.82.